The fraction of sp³-hybridized carbons (Fsp3) is 0.865. The Morgan fingerprint density at radius 2 is 0.754 bits per heavy atom. The molecular formula is C52H99NO4. The predicted molar refractivity (Wildman–Crippen MR) is 250 cm³/mol. The summed E-state index contributed by atoms with van der Waals surface area (Å²) in [7, 11) is 0. The molecule has 0 rings (SSSR count). The molecule has 0 aromatic carbocycles. The number of aliphatic hydroxyl groups is 3. The maximum atomic E-state index is 12.5. The summed E-state index contributed by atoms with van der Waals surface area (Å²) in [5.74, 6) is -0.328. The van der Waals surface area contributed by atoms with Gasteiger partial charge in [0.15, 0.2) is 0 Å². The summed E-state index contributed by atoms with van der Waals surface area (Å²) in [6.07, 6.45) is 60.2. The molecule has 5 heteroatoms. The maximum absolute atomic E-state index is 12.5. The van der Waals surface area contributed by atoms with E-state index >= 15 is 0 Å². The van der Waals surface area contributed by atoms with Crippen LogP contribution in [0.1, 0.15) is 264 Å². The third-order valence-electron chi connectivity index (χ3n) is 11.6. The Kier molecular flexibility index (Phi) is 46.1. The summed E-state index contributed by atoms with van der Waals surface area (Å²) < 4.78 is 0. The molecular weight excluding hydrogens is 703 g/mol. The third-order valence-corrected chi connectivity index (χ3v) is 11.6. The molecule has 0 aliphatic carbocycles. The van der Waals surface area contributed by atoms with Crippen LogP contribution >= 0.6 is 0 Å². The number of carbonyl (C=O) groups is 1. The third kappa shape index (κ3) is 44.0. The molecule has 3 atom stereocenters. The van der Waals surface area contributed by atoms with Gasteiger partial charge in [-0.1, -0.05) is 237 Å². The number of hydrogen-bond acceptors (Lipinski definition) is 4. The number of allylic oxidation sites excluding steroid dienone is 5. The molecule has 57 heavy (non-hydrogen) atoms. The molecule has 4 N–H and O–H groups in total. The fourth-order valence-corrected chi connectivity index (χ4v) is 7.76. The predicted octanol–water partition coefficient (Wildman–Crippen LogP) is 15.1. The lowest BCUT2D eigenvalue weighted by atomic mass is 10.0. The summed E-state index contributed by atoms with van der Waals surface area (Å²) in [5, 5.41) is 33.3. The van der Waals surface area contributed by atoms with Gasteiger partial charge in [0.1, 0.15) is 0 Å². The highest BCUT2D eigenvalue weighted by atomic mass is 16.3. The van der Waals surface area contributed by atoms with Crippen molar-refractivity contribution in [3.8, 4) is 0 Å². The number of hydrogen-bond donors (Lipinski definition) is 4. The van der Waals surface area contributed by atoms with Crippen molar-refractivity contribution in [3.05, 3.63) is 36.5 Å². The zero-order valence-electron chi connectivity index (χ0n) is 38.2. The summed E-state index contributed by atoms with van der Waals surface area (Å²) in [6.45, 7) is 4.22. The lowest BCUT2D eigenvalue weighted by Gasteiger charge is -2.20. The lowest BCUT2D eigenvalue weighted by molar-refractivity contribution is -0.124. The van der Waals surface area contributed by atoms with E-state index in [1.807, 2.05) is 6.08 Å². The minimum Gasteiger partial charge on any atom is -0.394 e. The minimum absolute atomic E-state index is 0.00107. The van der Waals surface area contributed by atoms with Gasteiger partial charge in [-0.25, -0.2) is 0 Å². The highest BCUT2D eigenvalue weighted by Gasteiger charge is 2.20. The van der Waals surface area contributed by atoms with Crippen molar-refractivity contribution in [2.75, 3.05) is 6.61 Å². The lowest BCUT2D eigenvalue weighted by Crippen LogP contribution is -2.45. The van der Waals surface area contributed by atoms with E-state index in [9.17, 15) is 20.1 Å². The second-order valence-electron chi connectivity index (χ2n) is 17.4. The average Bonchev–Trinajstić information content (AvgIpc) is 3.20. The number of aliphatic hydroxyl groups excluding tert-OH is 3. The average molecular weight is 802 g/mol. The van der Waals surface area contributed by atoms with Gasteiger partial charge in [-0.15, -0.1) is 0 Å². The first-order chi connectivity index (χ1) is 28.0. The van der Waals surface area contributed by atoms with E-state index in [0.717, 1.165) is 44.9 Å². The molecule has 5 nitrogen and oxygen atoms in total. The van der Waals surface area contributed by atoms with E-state index in [1.165, 1.54) is 193 Å². The van der Waals surface area contributed by atoms with Crippen LogP contribution in [0.3, 0.4) is 0 Å². The molecule has 0 heterocycles. The highest BCUT2D eigenvalue weighted by molar-refractivity contribution is 5.76. The van der Waals surface area contributed by atoms with Gasteiger partial charge in [0.25, 0.3) is 0 Å². The number of nitrogens with one attached hydrogen (secondary N) is 1. The van der Waals surface area contributed by atoms with Gasteiger partial charge < -0.3 is 20.6 Å². The molecule has 0 aliphatic heterocycles. The van der Waals surface area contributed by atoms with Crippen molar-refractivity contribution in [1.82, 2.24) is 5.32 Å². The molecule has 0 fully saturated rings. The molecule has 0 radical (unpaired) electrons. The van der Waals surface area contributed by atoms with E-state index in [0.29, 0.717) is 6.42 Å². The summed E-state index contributed by atoms with van der Waals surface area (Å²) in [4.78, 5) is 12.5. The van der Waals surface area contributed by atoms with Crippen LogP contribution in [0.25, 0.3) is 0 Å². The summed E-state index contributed by atoms with van der Waals surface area (Å²) >= 11 is 0. The molecule has 3 unspecified atom stereocenters. The molecule has 0 saturated heterocycles. The molecule has 1 amide bonds. The van der Waals surface area contributed by atoms with Gasteiger partial charge >= 0.3 is 0 Å². The van der Waals surface area contributed by atoms with Gasteiger partial charge in [0.2, 0.25) is 5.91 Å². The Balaban J connectivity index is 3.66. The van der Waals surface area contributed by atoms with Crippen molar-refractivity contribution < 1.29 is 20.1 Å². The van der Waals surface area contributed by atoms with Crippen LogP contribution in [0.15, 0.2) is 36.5 Å². The van der Waals surface area contributed by atoms with Crippen molar-refractivity contribution >= 4 is 5.91 Å². The molecule has 0 spiro atoms. The van der Waals surface area contributed by atoms with Crippen LogP contribution in [0, 0.1) is 0 Å². The van der Waals surface area contributed by atoms with Gasteiger partial charge in [0, 0.05) is 0 Å². The summed E-state index contributed by atoms with van der Waals surface area (Å²) in [5.41, 5.74) is 0. The monoisotopic (exact) mass is 802 g/mol. The Bertz CT molecular complexity index is 885. The minimum atomic E-state index is -0.954. The van der Waals surface area contributed by atoms with E-state index in [-0.39, 0.29) is 18.9 Å². The Morgan fingerprint density at radius 3 is 1.12 bits per heavy atom. The molecule has 0 aromatic heterocycles. The van der Waals surface area contributed by atoms with Gasteiger partial charge in [0.05, 0.1) is 31.3 Å². The van der Waals surface area contributed by atoms with Crippen LogP contribution in [0.5, 0.6) is 0 Å². The second-order valence-corrected chi connectivity index (χ2v) is 17.4. The quantitative estimate of drug-likeness (QED) is 0.0365. The van der Waals surface area contributed by atoms with Crippen LogP contribution in [0.4, 0.5) is 0 Å². The molecule has 0 aromatic rings. The second kappa shape index (κ2) is 47.3. The SMILES string of the molecule is CCCCCCCCCCCCCC/C=C\CCCCCCCC(O)CC(=O)NC(CO)C(O)/C=C/CC/C=C/CCCCCCCCCCCCCCCCC. The number of rotatable bonds is 46. The first kappa shape index (κ1) is 55.6. The van der Waals surface area contributed by atoms with Crippen LogP contribution in [-0.2, 0) is 4.79 Å². The smallest absolute Gasteiger partial charge is 0.222 e. The first-order valence-electron chi connectivity index (χ1n) is 25.3. The van der Waals surface area contributed by atoms with E-state index in [1.54, 1.807) is 6.08 Å². The van der Waals surface area contributed by atoms with Gasteiger partial charge in [-0.2, -0.15) is 0 Å². The highest BCUT2D eigenvalue weighted by Crippen LogP contribution is 2.16. The first-order valence-corrected chi connectivity index (χ1v) is 25.3. The molecule has 336 valence electrons. The molecule has 0 saturated carbocycles. The van der Waals surface area contributed by atoms with Crippen molar-refractivity contribution in [2.24, 2.45) is 0 Å². The zero-order chi connectivity index (χ0) is 41.5. The fourth-order valence-electron chi connectivity index (χ4n) is 7.76. The number of carbonyl (C=O) groups excluding carboxylic acids is 1. The van der Waals surface area contributed by atoms with Crippen LogP contribution in [0.2, 0.25) is 0 Å². The van der Waals surface area contributed by atoms with Crippen molar-refractivity contribution in [1.29, 1.82) is 0 Å². The largest absolute Gasteiger partial charge is 0.394 e. The van der Waals surface area contributed by atoms with Gasteiger partial charge in [-0.05, 0) is 57.8 Å². The maximum Gasteiger partial charge on any atom is 0.222 e. The standard InChI is InChI=1S/C52H99NO4/c1-3-5-7-9-11-13-15-17-19-21-23-25-27-29-31-33-35-37-39-41-43-45-49(55)47-52(57)53-50(48-54)51(56)46-44-42-40-38-36-34-32-30-28-26-24-22-20-18-16-14-12-10-8-6-4-2/h29,31,36,38,44,46,49-51,54-56H,3-28,30,32-35,37,39-43,45,47-48H2,1-2H3,(H,53,57)/b31-29-,38-36+,46-44+. The zero-order valence-corrected chi connectivity index (χ0v) is 38.2. The van der Waals surface area contributed by atoms with Crippen LogP contribution < -0.4 is 5.32 Å². The molecule has 0 bridgehead atoms. The topological polar surface area (TPSA) is 89.8 Å². The van der Waals surface area contributed by atoms with Crippen LogP contribution in [-0.4, -0.2) is 46.1 Å². The Labute approximate surface area is 355 Å². The number of unbranched alkanes of at least 4 members (excludes halogenated alkanes) is 33. The van der Waals surface area contributed by atoms with Crippen molar-refractivity contribution in [3.63, 3.8) is 0 Å². The normalized spacial score (nSPS) is 13.7. The van der Waals surface area contributed by atoms with E-state index in [2.05, 4.69) is 43.5 Å². The van der Waals surface area contributed by atoms with E-state index < -0.39 is 18.2 Å². The Hall–Kier alpha value is -1.43. The van der Waals surface area contributed by atoms with Gasteiger partial charge in [-0.3, -0.25) is 4.79 Å². The number of amides is 1. The summed E-state index contributed by atoms with van der Waals surface area (Å²) in [6, 6.07) is -0.764. The Morgan fingerprint density at radius 1 is 0.439 bits per heavy atom. The van der Waals surface area contributed by atoms with E-state index in [4.69, 9.17) is 0 Å². The van der Waals surface area contributed by atoms with Crippen molar-refractivity contribution in [2.45, 2.75) is 283 Å². The molecule has 0 aliphatic rings.